The monoisotopic (exact) mass is 292 g/mol. The molecule has 0 radical (unpaired) electrons. The molecule has 0 saturated carbocycles. The molecule has 0 spiro atoms. The average molecular weight is 293 g/mol. The topological polar surface area (TPSA) is 41.8 Å². The molecule has 1 heterocycles. The first-order valence-corrected chi connectivity index (χ1v) is 6.51. The maximum Gasteiger partial charge on any atom is 0.0389 e. The maximum absolute atomic E-state index is 5.53. The summed E-state index contributed by atoms with van der Waals surface area (Å²) in [7, 11) is 0. The molecule has 0 aromatic carbocycles. The lowest BCUT2D eigenvalue weighted by molar-refractivity contribution is 0.745. The Kier molecular flexibility index (Phi) is 3.29. The highest BCUT2D eigenvalue weighted by molar-refractivity contribution is 9.15. The summed E-state index contributed by atoms with van der Waals surface area (Å²) in [4.78, 5) is 3.39. The second-order valence-corrected chi connectivity index (χ2v) is 5.40. The number of hydrogen-bond donors (Lipinski definition) is 2. The van der Waals surface area contributed by atoms with Gasteiger partial charge in [0.05, 0.1) is 0 Å². The van der Waals surface area contributed by atoms with Gasteiger partial charge >= 0.3 is 0 Å². The van der Waals surface area contributed by atoms with Crippen LogP contribution in [0.25, 0.3) is 17.1 Å². The number of rotatable bonds is 1. The van der Waals surface area contributed by atoms with E-state index >= 15 is 0 Å². The molecule has 0 bridgehead atoms. The number of H-pyrrole nitrogens is 1. The van der Waals surface area contributed by atoms with Crippen LogP contribution in [0.4, 0.5) is 0 Å². The van der Waals surface area contributed by atoms with Crippen LogP contribution >= 0.6 is 15.9 Å². The largest absolute Gasteiger partial charge is 0.404 e. The average Bonchev–Trinajstić information content (AvgIpc) is 2.63. The molecule has 1 atom stereocenters. The molecule has 3 heteroatoms. The van der Waals surface area contributed by atoms with Gasteiger partial charge in [0, 0.05) is 32.2 Å². The van der Waals surface area contributed by atoms with E-state index in [4.69, 9.17) is 5.73 Å². The van der Waals surface area contributed by atoms with E-state index in [2.05, 4.69) is 46.6 Å². The Morgan fingerprint density at radius 1 is 1.65 bits per heavy atom. The number of aromatic amines is 1. The number of aromatic nitrogens is 1. The van der Waals surface area contributed by atoms with Crippen molar-refractivity contribution >= 4 is 33.1 Å². The van der Waals surface area contributed by atoms with Gasteiger partial charge in [0.1, 0.15) is 0 Å². The van der Waals surface area contributed by atoms with Gasteiger partial charge in [-0.25, -0.2) is 0 Å². The Labute approximate surface area is 110 Å². The lowest BCUT2D eigenvalue weighted by atomic mass is 9.94. The summed E-state index contributed by atoms with van der Waals surface area (Å²) in [5.74, 6) is 0.510. The van der Waals surface area contributed by atoms with E-state index in [1.807, 2.05) is 6.92 Å². The predicted octanol–water partition coefficient (Wildman–Crippen LogP) is 2.31. The molecule has 1 unspecified atom stereocenters. The first kappa shape index (κ1) is 12.2. The lowest BCUT2D eigenvalue weighted by Crippen LogP contribution is -2.23. The summed E-state index contributed by atoms with van der Waals surface area (Å²) < 4.78 is 1.15. The van der Waals surface area contributed by atoms with E-state index in [-0.39, 0.29) is 0 Å². The predicted molar refractivity (Wildman–Crippen MR) is 77.9 cm³/mol. The fraction of sp³-hybridized carbons (Fsp3) is 0.286. The van der Waals surface area contributed by atoms with Crippen LogP contribution in [-0.2, 0) is 0 Å². The second kappa shape index (κ2) is 4.57. The Balaban J connectivity index is 2.77. The van der Waals surface area contributed by atoms with E-state index in [1.54, 1.807) is 6.20 Å². The van der Waals surface area contributed by atoms with Gasteiger partial charge in [0.2, 0.25) is 0 Å². The molecule has 2 nitrogen and oxygen atoms in total. The van der Waals surface area contributed by atoms with E-state index in [0.717, 1.165) is 27.0 Å². The number of nitrogens with one attached hydrogen (secondary N) is 1. The highest BCUT2D eigenvalue weighted by Crippen LogP contribution is 2.33. The van der Waals surface area contributed by atoms with Gasteiger partial charge in [0.25, 0.3) is 0 Å². The Bertz CT molecular complexity index is 605. The van der Waals surface area contributed by atoms with Crippen LogP contribution in [0, 0.1) is 0 Å². The van der Waals surface area contributed by atoms with Crippen LogP contribution in [0.5, 0.6) is 0 Å². The highest BCUT2D eigenvalue weighted by Gasteiger charge is 2.20. The van der Waals surface area contributed by atoms with Gasteiger partial charge in [-0.1, -0.05) is 35.5 Å². The van der Waals surface area contributed by atoms with Crippen LogP contribution in [0.1, 0.15) is 37.4 Å². The van der Waals surface area contributed by atoms with Crippen molar-refractivity contribution in [1.82, 2.24) is 4.98 Å². The van der Waals surface area contributed by atoms with Gasteiger partial charge in [-0.05, 0) is 31.2 Å². The normalized spacial score (nSPS) is 21.4. The van der Waals surface area contributed by atoms with Crippen molar-refractivity contribution in [3.05, 3.63) is 39.7 Å². The van der Waals surface area contributed by atoms with Crippen LogP contribution < -0.4 is 16.3 Å². The van der Waals surface area contributed by atoms with Crippen molar-refractivity contribution in [2.45, 2.75) is 26.2 Å². The molecule has 0 fully saturated rings. The fourth-order valence-corrected chi connectivity index (χ4v) is 2.76. The van der Waals surface area contributed by atoms with Crippen LogP contribution in [0.3, 0.4) is 0 Å². The minimum absolute atomic E-state index is 0.510. The molecular weight excluding hydrogens is 276 g/mol. The van der Waals surface area contributed by atoms with Crippen molar-refractivity contribution in [2.24, 2.45) is 5.73 Å². The Morgan fingerprint density at radius 3 is 3.00 bits per heavy atom. The molecular formula is C14H17BrN2. The Hall–Kier alpha value is -1.22. The van der Waals surface area contributed by atoms with E-state index in [1.165, 1.54) is 11.3 Å². The summed E-state index contributed by atoms with van der Waals surface area (Å²) >= 11 is 3.63. The minimum Gasteiger partial charge on any atom is -0.404 e. The molecule has 90 valence electrons. The van der Waals surface area contributed by atoms with Crippen molar-refractivity contribution in [2.75, 3.05) is 0 Å². The van der Waals surface area contributed by atoms with Crippen LogP contribution in [0.2, 0.25) is 0 Å². The summed E-state index contributed by atoms with van der Waals surface area (Å²) in [5, 5.41) is 2.09. The number of allylic oxidation sites excluding steroid dienone is 2. The molecule has 3 N–H and O–H groups in total. The van der Waals surface area contributed by atoms with Crippen molar-refractivity contribution in [1.29, 1.82) is 0 Å². The third-order valence-electron chi connectivity index (χ3n) is 3.17. The number of fused-ring (bicyclic) bond motifs is 1. The molecule has 0 amide bonds. The molecule has 17 heavy (non-hydrogen) atoms. The van der Waals surface area contributed by atoms with Gasteiger partial charge in [-0.3, -0.25) is 0 Å². The van der Waals surface area contributed by atoms with E-state index in [9.17, 15) is 0 Å². The van der Waals surface area contributed by atoms with Crippen molar-refractivity contribution in [3.8, 4) is 0 Å². The third-order valence-corrected chi connectivity index (χ3v) is 3.89. The van der Waals surface area contributed by atoms with Gasteiger partial charge in [-0.2, -0.15) is 0 Å². The van der Waals surface area contributed by atoms with Gasteiger partial charge in [0.15, 0.2) is 0 Å². The SMILES string of the molecule is C=c1[nH]c2c(/c1=C/C(C)=C\N)C(Br)=CCC2C. The maximum atomic E-state index is 5.53. The first-order valence-electron chi connectivity index (χ1n) is 5.71. The fourth-order valence-electron chi connectivity index (χ4n) is 2.15. The highest BCUT2D eigenvalue weighted by atomic mass is 79.9. The summed E-state index contributed by atoms with van der Waals surface area (Å²) in [5.41, 5.74) is 9.06. The number of halogens is 1. The zero-order valence-corrected chi connectivity index (χ0v) is 11.8. The van der Waals surface area contributed by atoms with E-state index < -0.39 is 0 Å². The van der Waals surface area contributed by atoms with Crippen LogP contribution in [-0.4, -0.2) is 4.98 Å². The third kappa shape index (κ3) is 2.12. The van der Waals surface area contributed by atoms with Crippen LogP contribution in [0.15, 0.2) is 17.8 Å². The Morgan fingerprint density at radius 2 is 2.35 bits per heavy atom. The molecule has 1 aromatic heterocycles. The number of hydrogen-bond acceptors (Lipinski definition) is 1. The molecule has 0 saturated heterocycles. The standard InChI is InChI=1S/C14H17BrN2/c1-8(7-16)6-11-10(3)17-14-9(2)4-5-12(15)13(11)14/h5-7,9,17H,3-4,16H2,1-2H3/b8-7-,11-6+. The van der Waals surface area contributed by atoms with Gasteiger partial charge < -0.3 is 10.7 Å². The summed E-state index contributed by atoms with van der Waals surface area (Å²) in [6.45, 7) is 8.29. The lowest BCUT2D eigenvalue weighted by Gasteiger charge is -2.16. The summed E-state index contributed by atoms with van der Waals surface area (Å²) in [6, 6.07) is 0. The molecule has 2 rings (SSSR count). The zero-order valence-electron chi connectivity index (χ0n) is 10.2. The quantitative estimate of drug-likeness (QED) is 0.819. The molecule has 1 aromatic rings. The molecule has 0 aliphatic heterocycles. The minimum atomic E-state index is 0.510. The van der Waals surface area contributed by atoms with Crippen molar-refractivity contribution in [3.63, 3.8) is 0 Å². The summed E-state index contributed by atoms with van der Waals surface area (Å²) in [6.07, 6.45) is 6.96. The smallest absolute Gasteiger partial charge is 0.0389 e. The number of nitrogens with two attached hydrogens (primary N) is 1. The molecule has 1 aliphatic carbocycles. The van der Waals surface area contributed by atoms with Gasteiger partial charge in [-0.15, -0.1) is 0 Å². The van der Waals surface area contributed by atoms with E-state index in [0.29, 0.717) is 5.92 Å². The zero-order chi connectivity index (χ0) is 12.6. The van der Waals surface area contributed by atoms with Crippen molar-refractivity contribution < 1.29 is 0 Å². The second-order valence-electron chi connectivity index (χ2n) is 4.55. The first-order chi connectivity index (χ1) is 8.04. The molecule has 1 aliphatic rings.